The average molecular weight is 214 g/mol. The number of carbonyl (C=O) groups excluding carboxylic acids is 1. The first-order valence-corrected chi connectivity index (χ1v) is 5.28. The second-order valence-corrected chi connectivity index (χ2v) is 4.60. The molecule has 88 valence electrons. The minimum atomic E-state index is -0.389. The first-order chi connectivity index (χ1) is 6.85. The molecule has 1 unspecified atom stereocenters. The van der Waals surface area contributed by atoms with Crippen molar-refractivity contribution in [2.24, 2.45) is 11.3 Å². The van der Waals surface area contributed by atoms with E-state index in [1.54, 1.807) is 6.92 Å². The van der Waals surface area contributed by atoms with Crippen LogP contribution in [0.25, 0.3) is 0 Å². The Labute approximate surface area is 92.1 Å². The number of ether oxygens (including phenoxy) is 1. The zero-order valence-corrected chi connectivity index (χ0v) is 10.2. The summed E-state index contributed by atoms with van der Waals surface area (Å²) in [5, 5.41) is 9.23. The summed E-state index contributed by atoms with van der Waals surface area (Å²) in [6, 6.07) is 0. The summed E-state index contributed by atoms with van der Waals surface area (Å²) < 4.78 is 5.05. The molecule has 0 aliphatic rings. The lowest BCUT2D eigenvalue weighted by molar-refractivity contribution is -0.142. The van der Waals surface area contributed by atoms with Crippen molar-refractivity contribution in [3.05, 3.63) is 12.2 Å². The predicted octanol–water partition coefficient (Wildman–Crippen LogP) is 2.15. The van der Waals surface area contributed by atoms with Crippen molar-refractivity contribution in [1.29, 1.82) is 0 Å². The van der Waals surface area contributed by atoms with Crippen molar-refractivity contribution in [3.63, 3.8) is 0 Å². The fraction of sp³-hybridized carbons (Fsp3) is 0.750. The third-order valence-corrected chi connectivity index (χ3v) is 3.00. The molecule has 0 amide bonds. The molecule has 0 radical (unpaired) electrons. The number of hydrogen-bond donors (Lipinski definition) is 1. The molecule has 1 N–H and O–H groups in total. The van der Waals surface area contributed by atoms with Crippen LogP contribution in [0.15, 0.2) is 12.2 Å². The van der Waals surface area contributed by atoms with Crippen LogP contribution in [0.4, 0.5) is 0 Å². The number of hydrogen-bond acceptors (Lipinski definition) is 3. The van der Waals surface area contributed by atoms with Crippen molar-refractivity contribution in [3.8, 4) is 0 Å². The highest BCUT2D eigenvalue weighted by molar-refractivity contribution is 5.86. The number of rotatable bonds is 6. The van der Waals surface area contributed by atoms with E-state index < -0.39 is 0 Å². The van der Waals surface area contributed by atoms with Gasteiger partial charge in [0.25, 0.3) is 0 Å². The summed E-state index contributed by atoms with van der Waals surface area (Å²) in [6.07, 6.45) is 0.933. The van der Waals surface area contributed by atoms with Gasteiger partial charge in [-0.2, -0.15) is 0 Å². The molecule has 3 nitrogen and oxygen atoms in total. The molecule has 0 fully saturated rings. The highest BCUT2D eigenvalue weighted by Crippen LogP contribution is 2.30. The zero-order chi connectivity index (χ0) is 12.1. The summed E-state index contributed by atoms with van der Waals surface area (Å²) >= 11 is 0. The van der Waals surface area contributed by atoms with E-state index in [1.165, 1.54) is 0 Å². The SMILES string of the molecule is C=C(C)C(=O)OCC(CO)C(C)(C)CC. The van der Waals surface area contributed by atoms with E-state index in [2.05, 4.69) is 27.4 Å². The molecular formula is C12H22O3. The molecule has 0 aliphatic carbocycles. The third kappa shape index (κ3) is 4.47. The number of carbonyl (C=O) groups is 1. The van der Waals surface area contributed by atoms with Gasteiger partial charge in [0.05, 0.1) is 6.61 Å². The molecule has 0 heterocycles. The van der Waals surface area contributed by atoms with Crippen molar-refractivity contribution in [2.75, 3.05) is 13.2 Å². The van der Waals surface area contributed by atoms with E-state index in [1.807, 2.05) is 0 Å². The number of aliphatic hydroxyl groups excluding tert-OH is 1. The minimum absolute atomic E-state index is 0.0224. The van der Waals surface area contributed by atoms with Gasteiger partial charge in [-0.1, -0.05) is 33.8 Å². The van der Waals surface area contributed by atoms with Gasteiger partial charge in [-0.05, 0) is 12.3 Å². The van der Waals surface area contributed by atoms with E-state index in [0.717, 1.165) is 6.42 Å². The molecule has 1 atom stereocenters. The van der Waals surface area contributed by atoms with Gasteiger partial charge in [0, 0.05) is 18.1 Å². The van der Waals surface area contributed by atoms with Crippen molar-refractivity contribution in [1.82, 2.24) is 0 Å². The van der Waals surface area contributed by atoms with Gasteiger partial charge >= 0.3 is 5.97 Å². The standard InChI is InChI=1S/C12H22O3/c1-6-12(4,5)10(7-13)8-15-11(14)9(2)3/h10,13H,2,6-8H2,1,3-5H3. The van der Waals surface area contributed by atoms with E-state index in [4.69, 9.17) is 4.74 Å². The van der Waals surface area contributed by atoms with Crippen molar-refractivity contribution >= 4 is 5.97 Å². The molecule has 0 aromatic heterocycles. The summed E-state index contributed by atoms with van der Waals surface area (Å²) in [5.74, 6) is -0.411. The maximum Gasteiger partial charge on any atom is 0.333 e. The first kappa shape index (κ1) is 14.2. The van der Waals surface area contributed by atoms with Crippen LogP contribution in [0.3, 0.4) is 0 Å². The predicted molar refractivity (Wildman–Crippen MR) is 60.4 cm³/mol. The zero-order valence-electron chi connectivity index (χ0n) is 10.2. The van der Waals surface area contributed by atoms with E-state index >= 15 is 0 Å². The lowest BCUT2D eigenvalue weighted by atomic mass is 9.77. The van der Waals surface area contributed by atoms with E-state index in [9.17, 15) is 9.90 Å². The molecule has 0 spiro atoms. The van der Waals surface area contributed by atoms with Gasteiger partial charge in [-0.15, -0.1) is 0 Å². The second kappa shape index (κ2) is 5.91. The van der Waals surface area contributed by atoms with Crippen molar-refractivity contribution in [2.45, 2.75) is 34.1 Å². The first-order valence-electron chi connectivity index (χ1n) is 5.28. The van der Waals surface area contributed by atoms with Gasteiger partial charge in [0.15, 0.2) is 0 Å². The van der Waals surface area contributed by atoms with Crippen LogP contribution < -0.4 is 0 Å². The quantitative estimate of drug-likeness (QED) is 0.544. The van der Waals surface area contributed by atoms with Gasteiger partial charge in [-0.25, -0.2) is 4.79 Å². The highest BCUT2D eigenvalue weighted by atomic mass is 16.5. The number of aliphatic hydroxyl groups is 1. The van der Waals surface area contributed by atoms with Gasteiger partial charge in [0.1, 0.15) is 0 Å². The average Bonchev–Trinajstić information content (AvgIpc) is 2.17. The summed E-state index contributed by atoms with van der Waals surface area (Å²) in [4.78, 5) is 11.2. The van der Waals surface area contributed by atoms with Crippen LogP contribution in [0.1, 0.15) is 34.1 Å². The fourth-order valence-electron chi connectivity index (χ4n) is 1.11. The summed E-state index contributed by atoms with van der Waals surface area (Å²) in [7, 11) is 0. The summed E-state index contributed by atoms with van der Waals surface area (Å²) in [6.45, 7) is 11.6. The van der Waals surface area contributed by atoms with Gasteiger partial charge in [0.2, 0.25) is 0 Å². The van der Waals surface area contributed by atoms with Crippen molar-refractivity contribution < 1.29 is 14.6 Å². The molecular weight excluding hydrogens is 192 g/mol. The molecule has 0 saturated carbocycles. The molecule has 0 saturated heterocycles. The minimum Gasteiger partial charge on any atom is -0.462 e. The van der Waals surface area contributed by atoms with Crippen LogP contribution in [0.2, 0.25) is 0 Å². The normalized spacial score (nSPS) is 13.4. The molecule has 0 aliphatic heterocycles. The van der Waals surface area contributed by atoms with E-state index in [0.29, 0.717) is 5.57 Å². The lowest BCUT2D eigenvalue weighted by Crippen LogP contribution is -2.31. The van der Waals surface area contributed by atoms with Gasteiger partial charge < -0.3 is 9.84 Å². The van der Waals surface area contributed by atoms with Crippen LogP contribution in [-0.4, -0.2) is 24.3 Å². The number of esters is 1. The Kier molecular flexibility index (Phi) is 5.58. The highest BCUT2D eigenvalue weighted by Gasteiger charge is 2.28. The van der Waals surface area contributed by atoms with E-state index in [-0.39, 0.29) is 30.5 Å². The molecule has 15 heavy (non-hydrogen) atoms. The molecule has 0 rings (SSSR count). The van der Waals surface area contributed by atoms with Crippen LogP contribution in [0, 0.1) is 11.3 Å². The Bertz CT molecular complexity index is 231. The second-order valence-electron chi connectivity index (χ2n) is 4.60. The largest absolute Gasteiger partial charge is 0.462 e. The molecule has 0 bridgehead atoms. The third-order valence-electron chi connectivity index (χ3n) is 3.00. The van der Waals surface area contributed by atoms with Crippen LogP contribution in [0.5, 0.6) is 0 Å². The lowest BCUT2D eigenvalue weighted by Gasteiger charge is -2.31. The molecule has 3 heteroatoms. The Hall–Kier alpha value is -0.830. The molecule has 0 aromatic carbocycles. The Balaban J connectivity index is 4.24. The Morgan fingerprint density at radius 1 is 1.53 bits per heavy atom. The topological polar surface area (TPSA) is 46.5 Å². The molecule has 0 aromatic rings. The fourth-order valence-corrected chi connectivity index (χ4v) is 1.11. The Morgan fingerprint density at radius 3 is 2.40 bits per heavy atom. The smallest absolute Gasteiger partial charge is 0.333 e. The maximum atomic E-state index is 11.2. The van der Waals surface area contributed by atoms with Gasteiger partial charge in [-0.3, -0.25) is 0 Å². The van der Waals surface area contributed by atoms with Crippen LogP contribution >= 0.6 is 0 Å². The summed E-state index contributed by atoms with van der Waals surface area (Å²) in [5.41, 5.74) is 0.366. The van der Waals surface area contributed by atoms with Crippen LogP contribution in [-0.2, 0) is 9.53 Å². The maximum absolute atomic E-state index is 11.2. The monoisotopic (exact) mass is 214 g/mol. The Morgan fingerprint density at radius 2 is 2.07 bits per heavy atom.